The van der Waals surface area contributed by atoms with Crippen LogP contribution in [-0.2, 0) is 6.42 Å². The summed E-state index contributed by atoms with van der Waals surface area (Å²) in [6, 6.07) is 16.9. The fourth-order valence-corrected chi connectivity index (χ4v) is 4.00. The predicted molar refractivity (Wildman–Crippen MR) is 118 cm³/mol. The summed E-state index contributed by atoms with van der Waals surface area (Å²) < 4.78 is 19.3. The molecule has 0 saturated carbocycles. The number of likely N-dealkylation sites (tertiary alicyclic amines) is 1. The third-order valence-corrected chi connectivity index (χ3v) is 5.95. The first kappa shape index (κ1) is 21.2. The van der Waals surface area contributed by atoms with Gasteiger partial charge in [-0.15, -0.1) is 0 Å². The number of carbonyl (C=O) groups excluding carboxylic acids is 1. The van der Waals surface area contributed by atoms with Crippen molar-refractivity contribution in [3.05, 3.63) is 77.2 Å². The van der Waals surface area contributed by atoms with E-state index >= 15 is 0 Å². The van der Waals surface area contributed by atoms with Gasteiger partial charge in [-0.1, -0.05) is 41.6 Å². The zero-order valence-corrected chi connectivity index (χ0v) is 17.8. The van der Waals surface area contributed by atoms with Gasteiger partial charge in [0.25, 0.3) is 5.91 Å². The molecule has 1 amide bonds. The van der Waals surface area contributed by atoms with Crippen LogP contribution in [0.15, 0.2) is 59.1 Å². The van der Waals surface area contributed by atoms with Crippen molar-refractivity contribution < 1.29 is 13.7 Å². The van der Waals surface area contributed by atoms with E-state index in [-0.39, 0.29) is 23.2 Å². The molecule has 1 aromatic heterocycles. The lowest BCUT2D eigenvalue weighted by Gasteiger charge is -2.32. The SMILES string of the molecule is Cc1ccc(-c2cc(C(=O)NCC3CCN(CCc4ccccc4)CC3)no2)c(F)c1. The zero-order valence-electron chi connectivity index (χ0n) is 17.8. The molecular formula is C25H28FN3O2. The number of nitrogens with one attached hydrogen (secondary N) is 1. The fraction of sp³-hybridized carbons (Fsp3) is 0.360. The molecule has 31 heavy (non-hydrogen) atoms. The number of aryl methyl sites for hydroxylation is 1. The van der Waals surface area contributed by atoms with Crippen molar-refractivity contribution in [1.29, 1.82) is 0 Å². The van der Waals surface area contributed by atoms with E-state index in [2.05, 4.69) is 39.6 Å². The van der Waals surface area contributed by atoms with Gasteiger partial charge in [-0.2, -0.15) is 0 Å². The molecule has 0 radical (unpaired) electrons. The van der Waals surface area contributed by atoms with Crippen LogP contribution in [0.25, 0.3) is 11.3 Å². The van der Waals surface area contributed by atoms with Gasteiger partial charge in [0.15, 0.2) is 11.5 Å². The number of carbonyl (C=O) groups is 1. The van der Waals surface area contributed by atoms with Crippen molar-refractivity contribution in [2.45, 2.75) is 26.2 Å². The van der Waals surface area contributed by atoms with Crippen molar-refractivity contribution in [3.8, 4) is 11.3 Å². The average molecular weight is 422 g/mol. The Morgan fingerprint density at radius 1 is 1.16 bits per heavy atom. The maximum absolute atomic E-state index is 14.1. The molecule has 4 rings (SSSR count). The summed E-state index contributed by atoms with van der Waals surface area (Å²) in [5.74, 6) is 0.0448. The molecule has 2 heterocycles. The summed E-state index contributed by atoms with van der Waals surface area (Å²) in [5.41, 5.74) is 2.68. The highest BCUT2D eigenvalue weighted by Gasteiger charge is 2.21. The lowest BCUT2D eigenvalue weighted by Crippen LogP contribution is -2.39. The van der Waals surface area contributed by atoms with E-state index in [0.717, 1.165) is 44.5 Å². The van der Waals surface area contributed by atoms with E-state index in [4.69, 9.17) is 4.52 Å². The fourth-order valence-electron chi connectivity index (χ4n) is 4.00. The lowest BCUT2D eigenvalue weighted by atomic mass is 9.96. The number of aromatic nitrogens is 1. The normalized spacial score (nSPS) is 15.2. The van der Waals surface area contributed by atoms with Crippen LogP contribution in [-0.4, -0.2) is 42.1 Å². The van der Waals surface area contributed by atoms with Gasteiger partial charge < -0.3 is 14.7 Å². The summed E-state index contributed by atoms with van der Waals surface area (Å²) in [5, 5.41) is 6.78. The Morgan fingerprint density at radius 3 is 2.68 bits per heavy atom. The Labute approximate surface area is 182 Å². The summed E-state index contributed by atoms with van der Waals surface area (Å²) in [6.45, 7) is 5.61. The number of piperidine rings is 1. The van der Waals surface area contributed by atoms with E-state index in [1.165, 1.54) is 17.7 Å². The molecule has 1 fully saturated rings. The largest absolute Gasteiger partial charge is 0.355 e. The molecule has 6 heteroatoms. The number of hydrogen-bond donors (Lipinski definition) is 1. The van der Waals surface area contributed by atoms with Crippen molar-refractivity contribution in [2.75, 3.05) is 26.2 Å². The summed E-state index contributed by atoms with van der Waals surface area (Å²) in [6.07, 6.45) is 3.19. The van der Waals surface area contributed by atoms with Gasteiger partial charge in [-0.3, -0.25) is 4.79 Å². The molecule has 1 N–H and O–H groups in total. The Kier molecular flexibility index (Phi) is 6.77. The van der Waals surface area contributed by atoms with Gasteiger partial charge in [0, 0.05) is 19.2 Å². The van der Waals surface area contributed by atoms with Crippen LogP contribution >= 0.6 is 0 Å². The quantitative estimate of drug-likeness (QED) is 0.611. The van der Waals surface area contributed by atoms with Crippen molar-refractivity contribution >= 4 is 5.91 Å². The molecule has 0 unspecified atom stereocenters. The Balaban J connectivity index is 1.22. The second-order valence-electron chi connectivity index (χ2n) is 8.29. The number of amides is 1. The molecule has 2 aromatic carbocycles. The first-order valence-corrected chi connectivity index (χ1v) is 10.9. The third kappa shape index (κ3) is 5.58. The highest BCUT2D eigenvalue weighted by Crippen LogP contribution is 2.24. The van der Waals surface area contributed by atoms with Crippen molar-refractivity contribution in [3.63, 3.8) is 0 Å². The van der Waals surface area contributed by atoms with Crippen LogP contribution in [0.2, 0.25) is 0 Å². The number of halogens is 1. The third-order valence-electron chi connectivity index (χ3n) is 5.95. The van der Waals surface area contributed by atoms with Gasteiger partial charge >= 0.3 is 0 Å². The Morgan fingerprint density at radius 2 is 1.94 bits per heavy atom. The maximum atomic E-state index is 14.1. The van der Waals surface area contributed by atoms with Crippen LogP contribution in [0.4, 0.5) is 4.39 Å². The lowest BCUT2D eigenvalue weighted by molar-refractivity contribution is 0.0927. The van der Waals surface area contributed by atoms with E-state index in [1.807, 2.05) is 13.0 Å². The standard InChI is InChI=1S/C25H28FN3O2/c1-18-7-8-21(22(26)15-18)24-16-23(28-31-24)25(30)27-17-20-10-13-29(14-11-20)12-9-19-5-3-2-4-6-19/h2-8,15-16,20H,9-14,17H2,1H3,(H,27,30). The number of hydrogen-bond acceptors (Lipinski definition) is 4. The molecule has 162 valence electrons. The van der Waals surface area contributed by atoms with Crippen LogP contribution in [0.5, 0.6) is 0 Å². The molecule has 1 aliphatic rings. The molecule has 0 atom stereocenters. The van der Waals surface area contributed by atoms with Gasteiger partial charge in [0.1, 0.15) is 5.82 Å². The molecule has 0 bridgehead atoms. The summed E-state index contributed by atoms with van der Waals surface area (Å²) in [4.78, 5) is 14.9. The Hall–Kier alpha value is -2.99. The van der Waals surface area contributed by atoms with Gasteiger partial charge in [0.2, 0.25) is 0 Å². The highest BCUT2D eigenvalue weighted by atomic mass is 19.1. The maximum Gasteiger partial charge on any atom is 0.273 e. The van der Waals surface area contributed by atoms with Gasteiger partial charge in [-0.05, 0) is 68.5 Å². The summed E-state index contributed by atoms with van der Waals surface area (Å²) in [7, 11) is 0. The highest BCUT2D eigenvalue weighted by molar-refractivity contribution is 5.93. The van der Waals surface area contributed by atoms with Crippen LogP contribution in [0.1, 0.15) is 34.5 Å². The second-order valence-corrected chi connectivity index (χ2v) is 8.29. The van der Waals surface area contributed by atoms with Crippen molar-refractivity contribution in [1.82, 2.24) is 15.4 Å². The van der Waals surface area contributed by atoms with E-state index in [0.29, 0.717) is 18.0 Å². The molecule has 0 aliphatic carbocycles. The smallest absolute Gasteiger partial charge is 0.273 e. The van der Waals surface area contributed by atoms with E-state index in [9.17, 15) is 9.18 Å². The predicted octanol–water partition coefficient (Wildman–Crippen LogP) is 4.47. The Bertz CT molecular complexity index is 1010. The monoisotopic (exact) mass is 421 g/mol. The number of nitrogens with zero attached hydrogens (tertiary/aromatic N) is 2. The van der Waals surface area contributed by atoms with Gasteiger partial charge in [0.05, 0.1) is 5.56 Å². The van der Waals surface area contributed by atoms with Crippen molar-refractivity contribution in [2.24, 2.45) is 5.92 Å². The van der Waals surface area contributed by atoms with Crippen LogP contribution < -0.4 is 5.32 Å². The van der Waals surface area contributed by atoms with Crippen LogP contribution in [0, 0.1) is 18.7 Å². The molecular weight excluding hydrogens is 393 g/mol. The van der Waals surface area contributed by atoms with E-state index in [1.54, 1.807) is 12.1 Å². The first-order valence-electron chi connectivity index (χ1n) is 10.9. The minimum Gasteiger partial charge on any atom is -0.355 e. The van der Waals surface area contributed by atoms with Crippen LogP contribution in [0.3, 0.4) is 0 Å². The molecule has 1 aliphatic heterocycles. The van der Waals surface area contributed by atoms with Gasteiger partial charge in [-0.25, -0.2) is 4.39 Å². The minimum atomic E-state index is -0.387. The van der Waals surface area contributed by atoms with E-state index < -0.39 is 0 Å². The number of rotatable bonds is 7. The first-order chi connectivity index (χ1) is 15.1. The topological polar surface area (TPSA) is 58.4 Å². The molecule has 3 aromatic rings. The molecule has 1 saturated heterocycles. The second kappa shape index (κ2) is 9.88. The molecule has 0 spiro atoms. The summed E-state index contributed by atoms with van der Waals surface area (Å²) >= 11 is 0. The molecule has 5 nitrogen and oxygen atoms in total. The zero-order chi connectivity index (χ0) is 21.6. The average Bonchev–Trinajstić information content (AvgIpc) is 3.27. The minimum absolute atomic E-state index is 0.176. The number of benzene rings is 2.